The molecule has 1 amide bonds. The van der Waals surface area contributed by atoms with Crippen LogP contribution in [0.2, 0.25) is 5.02 Å². The van der Waals surface area contributed by atoms with Gasteiger partial charge in [-0.3, -0.25) is 4.79 Å². The van der Waals surface area contributed by atoms with Crippen molar-refractivity contribution in [1.29, 1.82) is 0 Å². The van der Waals surface area contributed by atoms with E-state index in [9.17, 15) is 4.79 Å². The van der Waals surface area contributed by atoms with E-state index < -0.39 is 0 Å². The lowest BCUT2D eigenvalue weighted by Gasteiger charge is -2.33. The van der Waals surface area contributed by atoms with E-state index >= 15 is 0 Å². The monoisotopic (exact) mass is 344 g/mol. The normalized spacial score (nSPS) is 15.3. The molecule has 1 N–H and O–H groups in total. The van der Waals surface area contributed by atoms with Crippen molar-refractivity contribution in [2.75, 3.05) is 38.1 Å². The second-order valence-corrected chi connectivity index (χ2v) is 6.37. The third-order valence-corrected chi connectivity index (χ3v) is 4.61. The molecule has 0 atom stereocenters. The van der Waals surface area contributed by atoms with E-state index in [4.69, 9.17) is 11.6 Å². The molecule has 0 radical (unpaired) electrons. The first-order chi connectivity index (χ1) is 11.6. The first-order valence-corrected chi connectivity index (χ1v) is 8.42. The number of nitrogens with zero attached hydrogens (tertiary/aromatic N) is 3. The van der Waals surface area contributed by atoms with Gasteiger partial charge >= 0.3 is 0 Å². The van der Waals surface area contributed by atoms with Crippen LogP contribution in [0.25, 0.3) is 0 Å². The Morgan fingerprint density at radius 3 is 2.58 bits per heavy atom. The number of aromatic nitrogens is 1. The molecule has 0 aliphatic carbocycles. The molecule has 126 valence electrons. The standard InChI is InChI=1S/C18H21ClN4O/c1-22-8-10-23(11-9-22)15-6-7-17(20-13-15)18(24)21-12-14-4-2-3-5-16(14)19/h2-7,13H,8-12H2,1H3,(H,21,24). The molecule has 5 nitrogen and oxygen atoms in total. The minimum atomic E-state index is -0.195. The molecular weight excluding hydrogens is 324 g/mol. The average molecular weight is 345 g/mol. The topological polar surface area (TPSA) is 48.5 Å². The van der Waals surface area contributed by atoms with Crippen LogP contribution in [0, 0.1) is 0 Å². The summed E-state index contributed by atoms with van der Waals surface area (Å²) in [5.74, 6) is -0.195. The number of likely N-dealkylation sites (N-methyl/N-ethyl adjacent to an activating group) is 1. The molecule has 0 spiro atoms. The van der Waals surface area contributed by atoms with Crippen molar-refractivity contribution >= 4 is 23.2 Å². The van der Waals surface area contributed by atoms with Crippen LogP contribution in [0.5, 0.6) is 0 Å². The maximum Gasteiger partial charge on any atom is 0.270 e. The third kappa shape index (κ3) is 4.04. The number of carbonyl (C=O) groups excluding carboxylic acids is 1. The Balaban J connectivity index is 1.59. The molecule has 3 rings (SSSR count). The van der Waals surface area contributed by atoms with Crippen molar-refractivity contribution < 1.29 is 4.79 Å². The van der Waals surface area contributed by atoms with Gasteiger partial charge in [0.05, 0.1) is 11.9 Å². The largest absolute Gasteiger partial charge is 0.368 e. The van der Waals surface area contributed by atoms with Crippen LogP contribution in [-0.4, -0.2) is 49.0 Å². The number of carbonyl (C=O) groups is 1. The Morgan fingerprint density at radius 2 is 1.92 bits per heavy atom. The summed E-state index contributed by atoms with van der Waals surface area (Å²) in [6, 6.07) is 11.2. The summed E-state index contributed by atoms with van der Waals surface area (Å²) >= 11 is 6.09. The van der Waals surface area contributed by atoms with Crippen molar-refractivity contribution in [2.24, 2.45) is 0 Å². The number of hydrogen-bond donors (Lipinski definition) is 1. The zero-order valence-electron chi connectivity index (χ0n) is 13.7. The van der Waals surface area contributed by atoms with Gasteiger partial charge in [-0.25, -0.2) is 4.98 Å². The number of hydrogen-bond acceptors (Lipinski definition) is 4. The van der Waals surface area contributed by atoms with Gasteiger partial charge in [0, 0.05) is 37.7 Å². The van der Waals surface area contributed by atoms with Gasteiger partial charge in [0.25, 0.3) is 5.91 Å². The predicted octanol–water partition coefficient (Wildman–Crippen LogP) is 2.42. The smallest absolute Gasteiger partial charge is 0.270 e. The number of rotatable bonds is 4. The summed E-state index contributed by atoms with van der Waals surface area (Å²) in [6.07, 6.45) is 1.77. The van der Waals surface area contributed by atoms with Crippen molar-refractivity contribution in [2.45, 2.75) is 6.54 Å². The van der Waals surface area contributed by atoms with Gasteiger partial charge in [0.2, 0.25) is 0 Å². The molecule has 0 unspecified atom stereocenters. The molecular formula is C18H21ClN4O. The maximum absolute atomic E-state index is 12.2. The molecule has 2 aromatic rings. The minimum Gasteiger partial charge on any atom is -0.368 e. The molecule has 2 heterocycles. The summed E-state index contributed by atoms with van der Waals surface area (Å²) in [6.45, 7) is 4.44. The molecule has 0 bridgehead atoms. The van der Waals surface area contributed by atoms with E-state index in [1.54, 1.807) is 12.3 Å². The zero-order chi connectivity index (χ0) is 16.9. The van der Waals surface area contributed by atoms with Crippen molar-refractivity contribution in [3.8, 4) is 0 Å². The molecule has 1 aliphatic heterocycles. The van der Waals surface area contributed by atoms with Gasteiger partial charge < -0.3 is 15.1 Å². The summed E-state index contributed by atoms with van der Waals surface area (Å²) in [7, 11) is 2.13. The molecule has 1 aromatic heterocycles. The number of anilines is 1. The SMILES string of the molecule is CN1CCN(c2ccc(C(=O)NCc3ccccc3Cl)nc2)CC1. The molecule has 24 heavy (non-hydrogen) atoms. The van der Waals surface area contributed by atoms with Gasteiger partial charge in [-0.1, -0.05) is 29.8 Å². The number of piperazine rings is 1. The Morgan fingerprint density at radius 1 is 1.17 bits per heavy atom. The number of benzene rings is 1. The Kier molecular flexibility index (Phi) is 5.33. The van der Waals surface area contributed by atoms with Crippen LogP contribution < -0.4 is 10.2 Å². The van der Waals surface area contributed by atoms with E-state index in [0.717, 1.165) is 37.4 Å². The Labute approximate surface area is 147 Å². The van der Waals surface area contributed by atoms with E-state index in [2.05, 4.69) is 27.1 Å². The van der Waals surface area contributed by atoms with Crippen molar-refractivity contribution in [1.82, 2.24) is 15.2 Å². The van der Waals surface area contributed by atoms with Gasteiger partial charge in [-0.05, 0) is 30.8 Å². The van der Waals surface area contributed by atoms with Gasteiger partial charge in [0.1, 0.15) is 5.69 Å². The molecule has 1 aliphatic rings. The Hall–Kier alpha value is -2.11. The zero-order valence-corrected chi connectivity index (χ0v) is 14.5. The first-order valence-electron chi connectivity index (χ1n) is 8.04. The summed E-state index contributed by atoms with van der Waals surface area (Å²) in [4.78, 5) is 21.1. The fraction of sp³-hybridized carbons (Fsp3) is 0.333. The second-order valence-electron chi connectivity index (χ2n) is 5.97. The van der Waals surface area contributed by atoms with Crippen molar-refractivity contribution in [3.05, 3.63) is 58.9 Å². The van der Waals surface area contributed by atoms with Crippen LogP contribution >= 0.6 is 11.6 Å². The quantitative estimate of drug-likeness (QED) is 0.925. The second kappa shape index (κ2) is 7.64. The predicted molar refractivity (Wildman–Crippen MR) is 96.6 cm³/mol. The lowest BCUT2D eigenvalue weighted by atomic mass is 10.2. The van der Waals surface area contributed by atoms with Crippen LogP contribution in [-0.2, 0) is 6.54 Å². The summed E-state index contributed by atoms with van der Waals surface area (Å²) < 4.78 is 0. The highest BCUT2D eigenvalue weighted by atomic mass is 35.5. The highest BCUT2D eigenvalue weighted by molar-refractivity contribution is 6.31. The van der Waals surface area contributed by atoms with E-state index in [-0.39, 0.29) is 5.91 Å². The highest BCUT2D eigenvalue weighted by Crippen LogP contribution is 2.16. The van der Waals surface area contributed by atoms with E-state index in [1.165, 1.54) is 0 Å². The fourth-order valence-electron chi connectivity index (χ4n) is 2.68. The maximum atomic E-state index is 12.2. The van der Waals surface area contributed by atoms with Crippen molar-refractivity contribution in [3.63, 3.8) is 0 Å². The molecule has 1 fully saturated rings. The number of nitrogens with one attached hydrogen (secondary N) is 1. The van der Waals surface area contributed by atoms with Gasteiger partial charge in [0.15, 0.2) is 0 Å². The number of halogens is 1. The first kappa shape index (κ1) is 16.7. The van der Waals surface area contributed by atoms with E-state index in [0.29, 0.717) is 17.3 Å². The fourth-order valence-corrected chi connectivity index (χ4v) is 2.88. The van der Waals surface area contributed by atoms with E-state index in [1.807, 2.05) is 30.3 Å². The lowest BCUT2D eigenvalue weighted by Crippen LogP contribution is -2.44. The average Bonchev–Trinajstić information content (AvgIpc) is 2.62. The van der Waals surface area contributed by atoms with Crippen LogP contribution in [0.4, 0.5) is 5.69 Å². The summed E-state index contributed by atoms with van der Waals surface area (Å²) in [5.41, 5.74) is 2.37. The third-order valence-electron chi connectivity index (χ3n) is 4.25. The summed E-state index contributed by atoms with van der Waals surface area (Å²) in [5, 5.41) is 3.50. The lowest BCUT2D eigenvalue weighted by molar-refractivity contribution is 0.0946. The number of amides is 1. The number of pyridine rings is 1. The van der Waals surface area contributed by atoms with Crippen LogP contribution in [0.1, 0.15) is 16.1 Å². The minimum absolute atomic E-state index is 0.195. The molecule has 0 saturated carbocycles. The molecule has 1 aromatic carbocycles. The van der Waals surface area contributed by atoms with Crippen LogP contribution in [0.3, 0.4) is 0 Å². The highest BCUT2D eigenvalue weighted by Gasteiger charge is 2.15. The van der Waals surface area contributed by atoms with Gasteiger partial charge in [-0.15, -0.1) is 0 Å². The Bertz CT molecular complexity index is 696. The van der Waals surface area contributed by atoms with Crippen LogP contribution in [0.15, 0.2) is 42.6 Å². The molecule has 6 heteroatoms. The molecule has 1 saturated heterocycles. The van der Waals surface area contributed by atoms with Gasteiger partial charge in [-0.2, -0.15) is 0 Å².